The predicted octanol–water partition coefficient (Wildman–Crippen LogP) is 3.14. The van der Waals surface area contributed by atoms with Gasteiger partial charge in [-0.2, -0.15) is 0 Å². The zero-order valence-corrected chi connectivity index (χ0v) is 18.9. The number of hydrogen-bond acceptors (Lipinski definition) is 4. The molecule has 0 aromatic heterocycles. The second-order valence-corrected chi connectivity index (χ2v) is 8.70. The number of benzene rings is 2. The summed E-state index contributed by atoms with van der Waals surface area (Å²) in [5.74, 6) is 0.0943. The van der Waals surface area contributed by atoms with Crippen LogP contribution in [-0.4, -0.2) is 61.4 Å². The van der Waals surface area contributed by atoms with Gasteiger partial charge in [-0.1, -0.05) is 6.07 Å². The van der Waals surface area contributed by atoms with Crippen LogP contribution in [0.4, 0.5) is 16.2 Å². The average molecular weight is 435 g/mol. The second-order valence-electron chi connectivity index (χ2n) is 8.70. The van der Waals surface area contributed by atoms with E-state index in [-0.39, 0.29) is 23.8 Å². The highest BCUT2D eigenvalue weighted by molar-refractivity contribution is 5.97. The number of nitrogens with one attached hydrogen (secondary N) is 1. The Hall–Kier alpha value is -3.35. The van der Waals surface area contributed by atoms with Crippen LogP contribution in [-0.2, 0) is 4.79 Å². The number of ketones is 1. The molecule has 32 heavy (non-hydrogen) atoms. The van der Waals surface area contributed by atoms with Crippen molar-refractivity contribution < 1.29 is 14.4 Å². The van der Waals surface area contributed by atoms with Crippen molar-refractivity contribution in [3.8, 4) is 0 Å². The number of piperazine rings is 1. The molecule has 7 nitrogen and oxygen atoms in total. The molecular weight excluding hydrogens is 404 g/mol. The molecule has 0 bridgehead atoms. The number of carbonyl (C=O) groups is 3. The molecule has 3 amide bonds. The number of aryl methyl sites for hydroxylation is 2. The van der Waals surface area contributed by atoms with Crippen LogP contribution in [0.3, 0.4) is 0 Å². The van der Waals surface area contributed by atoms with E-state index < -0.39 is 0 Å². The summed E-state index contributed by atoms with van der Waals surface area (Å²) >= 11 is 0. The lowest BCUT2D eigenvalue weighted by molar-refractivity contribution is -0.117. The number of hydrogen-bond donors (Lipinski definition) is 1. The topological polar surface area (TPSA) is 73.0 Å². The van der Waals surface area contributed by atoms with E-state index in [9.17, 15) is 14.4 Å². The molecule has 0 aliphatic carbocycles. The van der Waals surface area contributed by atoms with Gasteiger partial charge in [0.05, 0.1) is 6.04 Å². The third-order valence-electron chi connectivity index (χ3n) is 6.46. The van der Waals surface area contributed by atoms with Crippen molar-refractivity contribution in [2.24, 2.45) is 0 Å². The maximum absolute atomic E-state index is 12.8. The molecular formula is C25H30N4O3. The maximum atomic E-state index is 12.8. The molecule has 0 saturated carbocycles. The summed E-state index contributed by atoms with van der Waals surface area (Å²) in [6, 6.07) is 13.3. The van der Waals surface area contributed by atoms with Gasteiger partial charge in [0, 0.05) is 56.1 Å². The fraction of sp³-hybridized carbons (Fsp3) is 0.400. The smallest absolute Gasteiger partial charge is 0.317 e. The molecule has 2 saturated heterocycles. The van der Waals surface area contributed by atoms with E-state index in [4.69, 9.17) is 0 Å². The van der Waals surface area contributed by atoms with E-state index in [1.165, 1.54) is 5.56 Å². The number of nitrogens with zero attached hydrogens (tertiary/aromatic N) is 3. The predicted molar refractivity (Wildman–Crippen MR) is 125 cm³/mol. The van der Waals surface area contributed by atoms with Gasteiger partial charge < -0.3 is 20.0 Å². The molecule has 4 rings (SSSR count). The molecule has 2 fully saturated rings. The summed E-state index contributed by atoms with van der Waals surface area (Å²) in [5, 5.41) is 3.05. The van der Waals surface area contributed by atoms with Crippen molar-refractivity contribution >= 4 is 29.1 Å². The van der Waals surface area contributed by atoms with Crippen molar-refractivity contribution in [3.05, 3.63) is 59.2 Å². The zero-order valence-electron chi connectivity index (χ0n) is 18.9. The maximum Gasteiger partial charge on any atom is 0.317 e. The lowest BCUT2D eigenvalue weighted by Gasteiger charge is -2.36. The van der Waals surface area contributed by atoms with Crippen molar-refractivity contribution in [2.75, 3.05) is 42.5 Å². The van der Waals surface area contributed by atoms with Gasteiger partial charge in [-0.15, -0.1) is 0 Å². The summed E-state index contributed by atoms with van der Waals surface area (Å²) in [6.45, 7) is 8.83. The van der Waals surface area contributed by atoms with Crippen LogP contribution in [0.25, 0.3) is 0 Å². The lowest BCUT2D eigenvalue weighted by atomic mass is 10.1. The quantitative estimate of drug-likeness (QED) is 0.751. The molecule has 1 N–H and O–H groups in total. The SMILES string of the molecule is CC(=O)c1ccc(N2CCN(C(=O)NC3CC(=O)N(c4ccc(C)c(C)c4)C3)CC2)cc1. The van der Waals surface area contributed by atoms with Crippen molar-refractivity contribution in [1.82, 2.24) is 10.2 Å². The van der Waals surface area contributed by atoms with Gasteiger partial charge in [0.15, 0.2) is 5.78 Å². The Labute approximate surface area is 189 Å². The summed E-state index contributed by atoms with van der Waals surface area (Å²) in [7, 11) is 0. The van der Waals surface area contributed by atoms with E-state index in [0.29, 0.717) is 31.6 Å². The highest BCUT2D eigenvalue weighted by Crippen LogP contribution is 2.24. The molecule has 2 aliphatic rings. The van der Waals surface area contributed by atoms with E-state index in [1.807, 2.05) is 54.3 Å². The van der Waals surface area contributed by atoms with Gasteiger partial charge in [-0.3, -0.25) is 9.59 Å². The van der Waals surface area contributed by atoms with Crippen molar-refractivity contribution in [2.45, 2.75) is 33.2 Å². The van der Waals surface area contributed by atoms with Gasteiger partial charge >= 0.3 is 6.03 Å². The van der Waals surface area contributed by atoms with Crippen LogP contribution in [0.2, 0.25) is 0 Å². The molecule has 0 spiro atoms. The minimum absolute atomic E-state index is 0.0392. The summed E-state index contributed by atoms with van der Waals surface area (Å²) in [6.07, 6.45) is 0.321. The molecule has 7 heteroatoms. The molecule has 1 atom stereocenters. The standard InChI is InChI=1S/C25H30N4O3/c1-17-4-7-23(14-18(17)2)29-16-21(15-24(29)31)26-25(32)28-12-10-27(11-13-28)22-8-5-20(6-9-22)19(3)30/h4-9,14,21H,10-13,15-16H2,1-3H3,(H,26,32). The van der Waals surface area contributed by atoms with E-state index in [0.717, 1.165) is 30.0 Å². The number of urea groups is 1. The molecule has 2 heterocycles. The van der Waals surface area contributed by atoms with Crippen molar-refractivity contribution in [1.29, 1.82) is 0 Å². The number of anilines is 2. The zero-order chi connectivity index (χ0) is 22.8. The van der Waals surface area contributed by atoms with Crippen LogP contribution in [0.15, 0.2) is 42.5 Å². The normalized spacial score (nSPS) is 18.8. The Bertz CT molecular complexity index is 1030. The third-order valence-corrected chi connectivity index (χ3v) is 6.46. The Morgan fingerprint density at radius 1 is 0.906 bits per heavy atom. The fourth-order valence-electron chi connectivity index (χ4n) is 4.29. The van der Waals surface area contributed by atoms with Crippen LogP contribution < -0.4 is 15.1 Å². The van der Waals surface area contributed by atoms with Crippen LogP contribution >= 0.6 is 0 Å². The van der Waals surface area contributed by atoms with Gasteiger partial charge in [-0.25, -0.2) is 4.79 Å². The van der Waals surface area contributed by atoms with E-state index in [1.54, 1.807) is 11.8 Å². The second kappa shape index (κ2) is 9.02. The first-order valence-corrected chi connectivity index (χ1v) is 11.1. The fourth-order valence-corrected chi connectivity index (χ4v) is 4.29. The largest absolute Gasteiger partial charge is 0.368 e. The van der Waals surface area contributed by atoms with Crippen molar-refractivity contribution in [3.63, 3.8) is 0 Å². The first kappa shape index (κ1) is 21.9. The number of Topliss-reactive ketones (excluding diaryl/α,β-unsaturated/α-hetero) is 1. The van der Waals surface area contributed by atoms with E-state index in [2.05, 4.69) is 17.1 Å². The number of carbonyl (C=O) groups excluding carboxylic acids is 3. The first-order chi connectivity index (χ1) is 15.3. The Morgan fingerprint density at radius 2 is 1.56 bits per heavy atom. The average Bonchev–Trinajstić information content (AvgIpc) is 3.15. The van der Waals surface area contributed by atoms with Crippen LogP contribution in [0.1, 0.15) is 34.8 Å². The monoisotopic (exact) mass is 434 g/mol. The molecule has 2 aromatic carbocycles. The summed E-state index contributed by atoms with van der Waals surface area (Å²) < 4.78 is 0. The van der Waals surface area contributed by atoms with Crippen LogP contribution in [0.5, 0.6) is 0 Å². The van der Waals surface area contributed by atoms with Crippen LogP contribution in [0, 0.1) is 13.8 Å². The summed E-state index contributed by atoms with van der Waals surface area (Å²) in [4.78, 5) is 42.6. The minimum atomic E-state index is -0.186. The van der Waals surface area contributed by atoms with Gasteiger partial charge in [0.2, 0.25) is 5.91 Å². The molecule has 168 valence electrons. The molecule has 1 unspecified atom stereocenters. The van der Waals surface area contributed by atoms with Gasteiger partial charge in [0.25, 0.3) is 0 Å². The molecule has 2 aromatic rings. The van der Waals surface area contributed by atoms with E-state index >= 15 is 0 Å². The van der Waals surface area contributed by atoms with Gasteiger partial charge in [-0.05, 0) is 68.3 Å². The Kier molecular flexibility index (Phi) is 6.17. The van der Waals surface area contributed by atoms with Gasteiger partial charge in [0.1, 0.15) is 0 Å². The number of amides is 3. The molecule has 0 radical (unpaired) electrons. The lowest BCUT2D eigenvalue weighted by Crippen LogP contribution is -2.53. The minimum Gasteiger partial charge on any atom is -0.368 e. The number of rotatable bonds is 4. The third kappa shape index (κ3) is 4.61. The highest BCUT2D eigenvalue weighted by atomic mass is 16.2. The Balaban J connectivity index is 1.30. The first-order valence-electron chi connectivity index (χ1n) is 11.1. The Morgan fingerprint density at radius 3 is 2.19 bits per heavy atom. The molecule has 2 aliphatic heterocycles. The highest BCUT2D eigenvalue weighted by Gasteiger charge is 2.33. The summed E-state index contributed by atoms with van der Waals surface area (Å²) in [5.41, 5.74) is 4.99.